The van der Waals surface area contributed by atoms with E-state index in [4.69, 9.17) is 0 Å². The molecule has 1 aliphatic carbocycles. The summed E-state index contributed by atoms with van der Waals surface area (Å²) in [6.07, 6.45) is 5.84. The number of hydrogen-bond acceptors (Lipinski definition) is 4. The Morgan fingerprint density at radius 3 is 3.00 bits per heavy atom. The molecule has 0 bridgehead atoms. The third-order valence-electron chi connectivity index (χ3n) is 4.77. The summed E-state index contributed by atoms with van der Waals surface area (Å²) >= 11 is 0. The normalized spacial score (nSPS) is 29.2. The lowest BCUT2D eigenvalue weighted by Gasteiger charge is -2.25. The van der Waals surface area contributed by atoms with E-state index in [2.05, 4.69) is 16.4 Å². The van der Waals surface area contributed by atoms with E-state index in [1.54, 1.807) is 0 Å². The van der Waals surface area contributed by atoms with Gasteiger partial charge in [-0.2, -0.15) is 0 Å². The van der Waals surface area contributed by atoms with Crippen molar-refractivity contribution in [2.75, 3.05) is 18.6 Å². The fourth-order valence-electron chi connectivity index (χ4n) is 3.74. The van der Waals surface area contributed by atoms with Gasteiger partial charge in [-0.05, 0) is 50.3 Å². The second-order valence-electron chi connectivity index (χ2n) is 6.09. The Hall–Kier alpha value is -0.940. The summed E-state index contributed by atoms with van der Waals surface area (Å²) in [5.74, 6) is 1.48. The van der Waals surface area contributed by atoms with Crippen molar-refractivity contribution in [2.45, 2.75) is 37.6 Å². The molecule has 1 N–H and O–H groups in total. The quantitative estimate of drug-likeness (QED) is 0.915. The molecule has 0 aromatic carbocycles. The van der Waals surface area contributed by atoms with Crippen LogP contribution in [0.1, 0.15) is 36.4 Å². The minimum atomic E-state index is -2.78. The maximum atomic E-state index is 11.6. The lowest BCUT2D eigenvalue weighted by Crippen LogP contribution is -2.34. The minimum absolute atomic E-state index is 0.310. The van der Waals surface area contributed by atoms with Crippen LogP contribution in [0.3, 0.4) is 0 Å². The van der Waals surface area contributed by atoms with E-state index < -0.39 is 9.84 Å². The van der Waals surface area contributed by atoms with Crippen LogP contribution >= 0.6 is 0 Å². The van der Waals surface area contributed by atoms with Crippen LogP contribution in [0.4, 0.5) is 0 Å². The summed E-state index contributed by atoms with van der Waals surface area (Å²) in [5.41, 5.74) is 2.57. The average Bonchev–Trinajstić information content (AvgIpc) is 2.99. The van der Waals surface area contributed by atoms with Crippen LogP contribution in [-0.2, 0) is 16.3 Å². The number of nitrogens with one attached hydrogen (secondary N) is 1. The highest BCUT2D eigenvalue weighted by molar-refractivity contribution is 7.91. The lowest BCUT2D eigenvalue weighted by atomic mass is 9.88. The van der Waals surface area contributed by atoms with E-state index in [0.717, 1.165) is 25.7 Å². The second kappa shape index (κ2) is 5.45. The Balaban J connectivity index is 1.72. The van der Waals surface area contributed by atoms with E-state index >= 15 is 0 Å². The maximum Gasteiger partial charge on any atom is 0.150 e. The highest BCUT2D eigenvalue weighted by Gasteiger charge is 2.35. The molecule has 5 heteroatoms. The zero-order valence-electron chi connectivity index (χ0n) is 11.9. The van der Waals surface area contributed by atoms with E-state index in [0.29, 0.717) is 29.4 Å². The van der Waals surface area contributed by atoms with Crippen molar-refractivity contribution in [1.29, 1.82) is 0 Å². The van der Waals surface area contributed by atoms with Gasteiger partial charge in [0.25, 0.3) is 0 Å². The monoisotopic (exact) mass is 294 g/mol. The number of aryl methyl sites for hydroxylation is 1. The van der Waals surface area contributed by atoms with Gasteiger partial charge in [-0.25, -0.2) is 8.42 Å². The molecule has 0 spiro atoms. The zero-order valence-corrected chi connectivity index (χ0v) is 12.7. The van der Waals surface area contributed by atoms with Gasteiger partial charge in [-0.3, -0.25) is 4.98 Å². The van der Waals surface area contributed by atoms with Gasteiger partial charge >= 0.3 is 0 Å². The first kappa shape index (κ1) is 14.0. The molecule has 3 rings (SSSR count). The molecule has 1 aromatic heterocycles. The Kier molecular flexibility index (Phi) is 3.82. The van der Waals surface area contributed by atoms with Crippen molar-refractivity contribution in [3.05, 3.63) is 29.6 Å². The first-order valence-electron chi connectivity index (χ1n) is 7.40. The Morgan fingerprint density at radius 2 is 2.30 bits per heavy atom. The summed E-state index contributed by atoms with van der Waals surface area (Å²) < 4.78 is 23.2. The number of nitrogens with zero attached hydrogens (tertiary/aromatic N) is 1. The van der Waals surface area contributed by atoms with Gasteiger partial charge in [-0.15, -0.1) is 0 Å². The number of sulfone groups is 1. The standard InChI is InChI=1S/C15H22N2O2S/c1-16-14(9-11-6-8-20(18,19)10-11)13-5-4-12-3-2-7-17-15(12)13/h2-3,7,11,13-14,16H,4-6,8-10H2,1H3. The number of pyridine rings is 1. The largest absolute Gasteiger partial charge is 0.316 e. The Morgan fingerprint density at radius 1 is 1.45 bits per heavy atom. The van der Waals surface area contributed by atoms with Crippen molar-refractivity contribution in [1.82, 2.24) is 10.3 Å². The molecule has 110 valence electrons. The molecule has 0 amide bonds. The highest BCUT2D eigenvalue weighted by Crippen LogP contribution is 2.37. The Labute approximate surface area is 120 Å². The first-order chi connectivity index (χ1) is 9.59. The number of aromatic nitrogens is 1. The van der Waals surface area contributed by atoms with Gasteiger partial charge in [-0.1, -0.05) is 6.07 Å². The van der Waals surface area contributed by atoms with Gasteiger partial charge in [0.05, 0.1) is 11.5 Å². The molecule has 0 saturated carbocycles. The highest BCUT2D eigenvalue weighted by atomic mass is 32.2. The smallest absolute Gasteiger partial charge is 0.150 e. The molecule has 20 heavy (non-hydrogen) atoms. The predicted molar refractivity (Wildman–Crippen MR) is 79.5 cm³/mol. The van der Waals surface area contributed by atoms with Crippen LogP contribution in [0, 0.1) is 5.92 Å². The Bertz CT molecular complexity index is 585. The molecule has 1 fully saturated rings. The van der Waals surface area contributed by atoms with Crippen LogP contribution < -0.4 is 5.32 Å². The molecular formula is C15H22N2O2S. The number of rotatable bonds is 4. The summed E-state index contributed by atoms with van der Waals surface area (Å²) in [4.78, 5) is 4.55. The molecule has 0 radical (unpaired) electrons. The van der Waals surface area contributed by atoms with Crippen LogP contribution in [0.15, 0.2) is 18.3 Å². The van der Waals surface area contributed by atoms with Crippen LogP contribution in [0.2, 0.25) is 0 Å². The minimum Gasteiger partial charge on any atom is -0.316 e. The van der Waals surface area contributed by atoms with Gasteiger partial charge in [0, 0.05) is 23.9 Å². The average molecular weight is 294 g/mol. The van der Waals surface area contributed by atoms with Gasteiger partial charge < -0.3 is 5.32 Å². The number of likely N-dealkylation sites (N-methyl/N-ethyl adjacent to an activating group) is 1. The number of fused-ring (bicyclic) bond motifs is 1. The van der Waals surface area contributed by atoms with Gasteiger partial charge in [0.1, 0.15) is 0 Å². The van der Waals surface area contributed by atoms with E-state index in [1.807, 2.05) is 19.3 Å². The molecule has 3 atom stereocenters. The van der Waals surface area contributed by atoms with Crippen molar-refractivity contribution >= 4 is 9.84 Å². The van der Waals surface area contributed by atoms with Crippen molar-refractivity contribution in [2.24, 2.45) is 5.92 Å². The van der Waals surface area contributed by atoms with Crippen LogP contribution in [0.25, 0.3) is 0 Å². The summed E-state index contributed by atoms with van der Waals surface area (Å²) in [6.45, 7) is 0. The first-order valence-corrected chi connectivity index (χ1v) is 9.22. The molecule has 2 aliphatic rings. The molecule has 1 aliphatic heterocycles. The zero-order chi connectivity index (χ0) is 14.2. The van der Waals surface area contributed by atoms with Crippen LogP contribution in [-0.4, -0.2) is 38.0 Å². The third kappa shape index (κ3) is 2.74. The topological polar surface area (TPSA) is 59.1 Å². The summed E-state index contributed by atoms with van der Waals surface area (Å²) in [6, 6.07) is 4.50. The second-order valence-corrected chi connectivity index (χ2v) is 8.32. The van der Waals surface area contributed by atoms with Crippen molar-refractivity contribution in [3.63, 3.8) is 0 Å². The van der Waals surface area contributed by atoms with E-state index in [9.17, 15) is 8.42 Å². The van der Waals surface area contributed by atoms with Crippen molar-refractivity contribution < 1.29 is 8.42 Å². The van der Waals surface area contributed by atoms with E-state index in [-0.39, 0.29) is 0 Å². The molecule has 1 saturated heterocycles. The SMILES string of the molecule is CNC(CC1CCS(=O)(=O)C1)C1CCc2cccnc21. The molecular weight excluding hydrogens is 272 g/mol. The molecule has 3 unspecified atom stereocenters. The summed E-state index contributed by atoms with van der Waals surface area (Å²) in [7, 11) is -0.796. The maximum absolute atomic E-state index is 11.6. The summed E-state index contributed by atoms with van der Waals surface area (Å²) in [5, 5.41) is 3.40. The molecule has 1 aromatic rings. The lowest BCUT2D eigenvalue weighted by molar-refractivity contribution is 0.368. The number of hydrogen-bond donors (Lipinski definition) is 1. The molecule has 2 heterocycles. The fraction of sp³-hybridized carbons (Fsp3) is 0.667. The van der Waals surface area contributed by atoms with Gasteiger partial charge in [0.2, 0.25) is 0 Å². The third-order valence-corrected chi connectivity index (χ3v) is 6.61. The van der Waals surface area contributed by atoms with Gasteiger partial charge in [0.15, 0.2) is 9.84 Å². The fourth-order valence-corrected chi connectivity index (χ4v) is 5.62. The van der Waals surface area contributed by atoms with Crippen molar-refractivity contribution in [3.8, 4) is 0 Å². The molecule has 4 nitrogen and oxygen atoms in total. The predicted octanol–water partition coefficient (Wildman–Crippen LogP) is 1.52. The van der Waals surface area contributed by atoms with Crippen LogP contribution in [0.5, 0.6) is 0 Å². The van der Waals surface area contributed by atoms with E-state index in [1.165, 1.54) is 11.3 Å².